The van der Waals surface area contributed by atoms with E-state index in [0.717, 1.165) is 11.1 Å². The van der Waals surface area contributed by atoms with E-state index in [1.807, 2.05) is 30.3 Å². The predicted molar refractivity (Wildman–Crippen MR) is 73.0 cm³/mol. The normalized spacial score (nSPS) is 11.0. The maximum atomic E-state index is 9.33. The lowest BCUT2D eigenvalue weighted by Crippen LogP contribution is -1.81. The summed E-state index contributed by atoms with van der Waals surface area (Å²) < 4.78 is 0. The number of phenolic OH excluding ortho intramolecular Hbond substituents is 1. The fourth-order valence-electron chi connectivity index (χ4n) is 1.58. The van der Waals surface area contributed by atoms with Crippen molar-refractivity contribution in [2.24, 2.45) is 0 Å². The fraction of sp³-hybridized carbons (Fsp3) is 0. The van der Waals surface area contributed by atoms with Crippen LogP contribution in [0.15, 0.2) is 48.5 Å². The summed E-state index contributed by atoms with van der Waals surface area (Å²) >= 11 is 5.82. The number of halogens is 1. The van der Waals surface area contributed by atoms with Gasteiger partial charge in [0.25, 0.3) is 0 Å². The number of phenols is 1. The summed E-state index contributed by atoms with van der Waals surface area (Å²) in [5.41, 5.74) is 2.18. The molecule has 2 rings (SSSR count). The molecule has 1 N–H and O–H groups in total. The van der Waals surface area contributed by atoms with Gasteiger partial charge in [-0.1, -0.05) is 48.0 Å². The van der Waals surface area contributed by atoms with Gasteiger partial charge < -0.3 is 5.11 Å². The van der Waals surface area contributed by atoms with Crippen LogP contribution >= 0.6 is 11.6 Å². The molecule has 0 aliphatic heterocycles. The van der Waals surface area contributed by atoms with E-state index >= 15 is 0 Å². The van der Waals surface area contributed by atoms with Crippen LogP contribution in [-0.2, 0) is 0 Å². The molecular weight excluding hydrogens is 246 g/mol. The van der Waals surface area contributed by atoms with Crippen LogP contribution in [0.5, 0.6) is 5.75 Å². The third-order valence-electron chi connectivity index (χ3n) is 2.49. The third-order valence-corrected chi connectivity index (χ3v) is 2.79. The van der Waals surface area contributed by atoms with E-state index in [1.165, 1.54) is 6.07 Å². The summed E-state index contributed by atoms with van der Waals surface area (Å²) in [6.45, 7) is 0. The SMILES string of the molecule is N#CC(=Cc1ccc(O)c(Cl)c1)c1ccccc1. The Hall–Kier alpha value is -2.24. The average Bonchev–Trinajstić information content (AvgIpc) is 2.41. The minimum atomic E-state index is 0.0343. The van der Waals surface area contributed by atoms with Crippen LogP contribution in [0.1, 0.15) is 11.1 Å². The topological polar surface area (TPSA) is 44.0 Å². The molecule has 0 atom stereocenters. The van der Waals surface area contributed by atoms with Crippen molar-refractivity contribution in [2.45, 2.75) is 0 Å². The van der Waals surface area contributed by atoms with Crippen LogP contribution in [0.25, 0.3) is 11.6 Å². The molecular formula is C15H10ClNO. The smallest absolute Gasteiger partial charge is 0.134 e. The van der Waals surface area contributed by atoms with Crippen molar-refractivity contribution < 1.29 is 5.11 Å². The van der Waals surface area contributed by atoms with Gasteiger partial charge in [-0.15, -0.1) is 0 Å². The van der Waals surface area contributed by atoms with Gasteiger partial charge in [-0.25, -0.2) is 0 Å². The molecule has 0 aromatic heterocycles. The lowest BCUT2D eigenvalue weighted by Gasteiger charge is -2.01. The number of aromatic hydroxyl groups is 1. The van der Waals surface area contributed by atoms with E-state index in [-0.39, 0.29) is 10.8 Å². The van der Waals surface area contributed by atoms with Crippen molar-refractivity contribution in [3.63, 3.8) is 0 Å². The first-order valence-corrected chi connectivity index (χ1v) is 5.74. The summed E-state index contributed by atoms with van der Waals surface area (Å²) in [5, 5.41) is 18.8. The number of rotatable bonds is 2. The molecule has 2 nitrogen and oxygen atoms in total. The van der Waals surface area contributed by atoms with Crippen molar-refractivity contribution in [1.82, 2.24) is 0 Å². The Bertz CT molecular complexity index is 627. The zero-order valence-electron chi connectivity index (χ0n) is 9.47. The second kappa shape index (κ2) is 5.39. The first-order chi connectivity index (χ1) is 8.70. The maximum Gasteiger partial charge on any atom is 0.134 e. The van der Waals surface area contributed by atoms with Crippen molar-refractivity contribution in [3.05, 3.63) is 64.7 Å². The van der Waals surface area contributed by atoms with Gasteiger partial charge in [-0.3, -0.25) is 0 Å². The molecule has 0 spiro atoms. The fourth-order valence-corrected chi connectivity index (χ4v) is 1.77. The van der Waals surface area contributed by atoms with E-state index in [0.29, 0.717) is 5.57 Å². The molecule has 0 heterocycles. The van der Waals surface area contributed by atoms with Gasteiger partial charge in [0.05, 0.1) is 16.7 Å². The molecule has 2 aromatic carbocycles. The van der Waals surface area contributed by atoms with Crippen molar-refractivity contribution in [3.8, 4) is 11.8 Å². The lowest BCUT2D eigenvalue weighted by molar-refractivity contribution is 0.475. The highest BCUT2D eigenvalue weighted by molar-refractivity contribution is 6.32. The van der Waals surface area contributed by atoms with E-state index in [2.05, 4.69) is 6.07 Å². The molecule has 18 heavy (non-hydrogen) atoms. The molecule has 0 aliphatic carbocycles. The van der Waals surface area contributed by atoms with Gasteiger partial charge in [-0.05, 0) is 29.3 Å². The highest BCUT2D eigenvalue weighted by Gasteiger charge is 2.02. The summed E-state index contributed by atoms with van der Waals surface area (Å²) in [6.07, 6.45) is 1.74. The molecule has 0 aliphatic rings. The number of hydrogen-bond donors (Lipinski definition) is 1. The summed E-state index contributed by atoms with van der Waals surface area (Å²) in [4.78, 5) is 0. The first-order valence-electron chi connectivity index (χ1n) is 5.36. The second-order valence-corrected chi connectivity index (χ2v) is 4.15. The van der Waals surface area contributed by atoms with Gasteiger partial charge in [0.2, 0.25) is 0 Å². The van der Waals surface area contributed by atoms with Crippen LogP contribution in [0, 0.1) is 11.3 Å². The molecule has 0 saturated carbocycles. The van der Waals surface area contributed by atoms with Crippen LogP contribution in [0.2, 0.25) is 5.02 Å². The minimum Gasteiger partial charge on any atom is -0.506 e. The quantitative estimate of drug-likeness (QED) is 0.648. The molecule has 0 saturated heterocycles. The Balaban J connectivity index is 2.42. The summed E-state index contributed by atoms with van der Waals surface area (Å²) in [6, 6.07) is 16.4. The van der Waals surface area contributed by atoms with E-state index < -0.39 is 0 Å². The highest BCUT2D eigenvalue weighted by Crippen LogP contribution is 2.26. The molecule has 88 valence electrons. The molecule has 0 unspecified atom stereocenters. The zero-order chi connectivity index (χ0) is 13.0. The molecule has 0 bridgehead atoms. The summed E-state index contributed by atoms with van der Waals surface area (Å²) in [5.74, 6) is 0.0343. The monoisotopic (exact) mass is 255 g/mol. The van der Waals surface area contributed by atoms with Crippen LogP contribution in [0.3, 0.4) is 0 Å². The summed E-state index contributed by atoms with van der Waals surface area (Å²) in [7, 11) is 0. The van der Waals surface area contributed by atoms with Gasteiger partial charge in [0.15, 0.2) is 0 Å². The van der Waals surface area contributed by atoms with Gasteiger partial charge in [-0.2, -0.15) is 5.26 Å². The predicted octanol–water partition coefficient (Wildman–Crippen LogP) is 4.11. The van der Waals surface area contributed by atoms with Gasteiger partial charge in [0, 0.05) is 0 Å². The number of benzene rings is 2. The zero-order valence-corrected chi connectivity index (χ0v) is 10.2. The lowest BCUT2D eigenvalue weighted by atomic mass is 10.0. The second-order valence-electron chi connectivity index (χ2n) is 3.75. The van der Waals surface area contributed by atoms with Crippen LogP contribution < -0.4 is 0 Å². The highest BCUT2D eigenvalue weighted by atomic mass is 35.5. The first kappa shape index (κ1) is 12.2. The number of nitrogens with zero attached hydrogens (tertiary/aromatic N) is 1. The number of nitriles is 1. The largest absolute Gasteiger partial charge is 0.506 e. The molecule has 0 fully saturated rings. The average molecular weight is 256 g/mol. The third kappa shape index (κ3) is 2.71. The standard InChI is InChI=1S/C15H10ClNO/c16-14-9-11(6-7-15(14)18)8-13(10-17)12-4-2-1-3-5-12/h1-9,18H. The number of hydrogen-bond acceptors (Lipinski definition) is 2. The Kier molecular flexibility index (Phi) is 3.66. The Morgan fingerprint density at radius 2 is 1.89 bits per heavy atom. The number of allylic oxidation sites excluding steroid dienone is 1. The Morgan fingerprint density at radius 3 is 2.50 bits per heavy atom. The van der Waals surface area contributed by atoms with E-state index in [4.69, 9.17) is 16.9 Å². The molecule has 2 aromatic rings. The van der Waals surface area contributed by atoms with Crippen molar-refractivity contribution >= 4 is 23.3 Å². The van der Waals surface area contributed by atoms with Gasteiger partial charge >= 0.3 is 0 Å². The minimum absolute atomic E-state index is 0.0343. The van der Waals surface area contributed by atoms with Crippen molar-refractivity contribution in [2.75, 3.05) is 0 Å². The van der Waals surface area contributed by atoms with Crippen molar-refractivity contribution in [1.29, 1.82) is 5.26 Å². The Labute approximate surface area is 110 Å². The molecule has 0 radical (unpaired) electrons. The maximum absolute atomic E-state index is 9.33. The van der Waals surface area contributed by atoms with Crippen LogP contribution in [-0.4, -0.2) is 5.11 Å². The molecule has 3 heteroatoms. The van der Waals surface area contributed by atoms with E-state index in [9.17, 15) is 5.11 Å². The van der Waals surface area contributed by atoms with Crippen LogP contribution in [0.4, 0.5) is 0 Å². The molecule has 0 amide bonds. The Morgan fingerprint density at radius 1 is 1.17 bits per heavy atom. The van der Waals surface area contributed by atoms with E-state index in [1.54, 1.807) is 18.2 Å². The van der Waals surface area contributed by atoms with Gasteiger partial charge in [0.1, 0.15) is 5.75 Å².